The van der Waals surface area contributed by atoms with Gasteiger partial charge < -0.3 is 5.32 Å². The number of carbonyl (C=O) groups is 2. The van der Waals surface area contributed by atoms with Gasteiger partial charge in [0.05, 0.1) is 0 Å². The van der Waals surface area contributed by atoms with Crippen LogP contribution in [0.1, 0.15) is 28.4 Å². The van der Waals surface area contributed by atoms with Crippen molar-refractivity contribution in [3.63, 3.8) is 0 Å². The van der Waals surface area contributed by atoms with Crippen LogP contribution in [0.5, 0.6) is 0 Å². The van der Waals surface area contributed by atoms with Crippen molar-refractivity contribution in [1.82, 2.24) is 15.5 Å². The third kappa shape index (κ3) is 4.77. The first-order valence-corrected chi connectivity index (χ1v) is 9.33. The van der Waals surface area contributed by atoms with E-state index in [0.717, 1.165) is 21.7 Å². The molecule has 6 nitrogen and oxygen atoms in total. The first-order valence-electron chi connectivity index (χ1n) is 8.51. The van der Waals surface area contributed by atoms with Crippen molar-refractivity contribution < 1.29 is 9.59 Å². The van der Waals surface area contributed by atoms with Crippen molar-refractivity contribution >= 4 is 28.3 Å². The molecule has 1 aromatic heterocycles. The van der Waals surface area contributed by atoms with Gasteiger partial charge in [0.2, 0.25) is 11.0 Å². The van der Waals surface area contributed by atoms with Gasteiger partial charge in [-0.15, -0.1) is 10.2 Å². The Balaban J connectivity index is 1.61. The summed E-state index contributed by atoms with van der Waals surface area (Å²) >= 11 is 1.29. The second-order valence-electron chi connectivity index (χ2n) is 6.33. The van der Waals surface area contributed by atoms with E-state index in [1.54, 1.807) is 19.1 Å². The molecule has 2 amide bonds. The zero-order valence-electron chi connectivity index (χ0n) is 15.3. The highest BCUT2D eigenvalue weighted by Crippen LogP contribution is 2.26. The fourth-order valence-corrected chi connectivity index (χ4v) is 3.18. The van der Waals surface area contributed by atoms with Crippen LogP contribution in [0.25, 0.3) is 10.6 Å². The summed E-state index contributed by atoms with van der Waals surface area (Å²) in [5.74, 6) is -0.641. The number of hydrogen-bond donors (Lipinski definition) is 2. The monoisotopic (exact) mass is 380 g/mol. The topological polar surface area (TPSA) is 84.0 Å². The van der Waals surface area contributed by atoms with E-state index >= 15 is 0 Å². The molecule has 0 spiro atoms. The summed E-state index contributed by atoms with van der Waals surface area (Å²) in [5.41, 5.74) is 3.66. The number of nitrogens with one attached hydrogen (secondary N) is 2. The molecule has 0 saturated carbocycles. The first-order chi connectivity index (χ1) is 12.9. The van der Waals surface area contributed by atoms with Gasteiger partial charge in [-0.3, -0.25) is 14.9 Å². The van der Waals surface area contributed by atoms with Crippen LogP contribution >= 0.6 is 11.3 Å². The average molecular weight is 380 g/mol. The SMILES string of the molecule is Cc1ccc(C(=O)N[C@H](C)C(=O)Nc2nnc(-c3cccc(C)c3)s2)cc1. The van der Waals surface area contributed by atoms with E-state index in [9.17, 15) is 9.59 Å². The minimum Gasteiger partial charge on any atom is -0.341 e. The van der Waals surface area contributed by atoms with E-state index in [1.807, 2.05) is 50.2 Å². The van der Waals surface area contributed by atoms with E-state index in [0.29, 0.717) is 10.7 Å². The summed E-state index contributed by atoms with van der Waals surface area (Å²) in [6.07, 6.45) is 0. The molecule has 3 rings (SSSR count). The van der Waals surface area contributed by atoms with E-state index in [-0.39, 0.29) is 11.8 Å². The number of amides is 2. The molecule has 0 fully saturated rings. The van der Waals surface area contributed by atoms with E-state index in [4.69, 9.17) is 0 Å². The van der Waals surface area contributed by atoms with Crippen LogP contribution in [0, 0.1) is 13.8 Å². The largest absolute Gasteiger partial charge is 0.341 e. The molecule has 27 heavy (non-hydrogen) atoms. The number of hydrogen-bond acceptors (Lipinski definition) is 5. The molecule has 2 aromatic carbocycles. The summed E-state index contributed by atoms with van der Waals surface area (Å²) in [6, 6.07) is 14.4. The van der Waals surface area contributed by atoms with Gasteiger partial charge in [-0.05, 0) is 39.0 Å². The lowest BCUT2D eigenvalue weighted by Gasteiger charge is -2.12. The van der Waals surface area contributed by atoms with Crippen molar-refractivity contribution in [2.24, 2.45) is 0 Å². The van der Waals surface area contributed by atoms with Crippen molar-refractivity contribution in [1.29, 1.82) is 0 Å². The zero-order chi connectivity index (χ0) is 19.4. The van der Waals surface area contributed by atoms with Gasteiger partial charge in [0, 0.05) is 11.1 Å². The molecule has 0 radical (unpaired) electrons. The third-order valence-electron chi connectivity index (χ3n) is 3.97. The van der Waals surface area contributed by atoms with Crippen molar-refractivity contribution in [3.8, 4) is 10.6 Å². The van der Waals surface area contributed by atoms with Crippen LogP contribution in [-0.2, 0) is 4.79 Å². The maximum absolute atomic E-state index is 12.3. The maximum atomic E-state index is 12.3. The van der Waals surface area contributed by atoms with E-state index in [2.05, 4.69) is 20.8 Å². The molecule has 0 unspecified atom stereocenters. The second kappa shape index (κ2) is 8.09. The van der Waals surface area contributed by atoms with Crippen molar-refractivity contribution in [2.75, 3.05) is 5.32 Å². The van der Waals surface area contributed by atoms with Crippen molar-refractivity contribution in [2.45, 2.75) is 26.8 Å². The highest BCUT2D eigenvalue weighted by molar-refractivity contribution is 7.18. The van der Waals surface area contributed by atoms with Crippen molar-refractivity contribution in [3.05, 3.63) is 65.2 Å². The number of anilines is 1. The molecule has 7 heteroatoms. The molecule has 3 aromatic rings. The van der Waals surface area contributed by atoms with Crippen LogP contribution in [0.4, 0.5) is 5.13 Å². The lowest BCUT2D eigenvalue weighted by molar-refractivity contribution is -0.117. The predicted octanol–water partition coefficient (Wildman–Crippen LogP) is 3.58. The quantitative estimate of drug-likeness (QED) is 0.709. The molecule has 0 aliphatic rings. The fourth-order valence-electron chi connectivity index (χ4n) is 2.43. The highest BCUT2D eigenvalue weighted by Gasteiger charge is 2.18. The number of benzene rings is 2. The standard InChI is InChI=1S/C20H20N4O2S/c1-12-7-9-15(10-8-12)18(26)21-14(3)17(25)22-20-24-23-19(27-20)16-6-4-5-13(2)11-16/h4-11,14H,1-3H3,(H,21,26)(H,22,24,25)/t14-/m1/s1. The molecule has 0 aliphatic carbocycles. The summed E-state index contributed by atoms with van der Waals surface area (Å²) in [6.45, 7) is 5.58. The molecule has 2 N–H and O–H groups in total. The highest BCUT2D eigenvalue weighted by atomic mass is 32.1. The van der Waals surface area contributed by atoms with Gasteiger partial charge in [0.25, 0.3) is 5.91 Å². The third-order valence-corrected chi connectivity index (χ3v) is 4.86. The molecule has 0 aliphatic heterocycles. The second-order valence-corrected chi connectivity index (χ2v) is 7.31. The Morgan fingerprint density at radius 3 is 2.44 bits per heavy atom. The number of rotatable bonds is 5. The Morgan fingerprint density at radius 1 is 1.00 bits per heavy atom. The first kappa shape index (κ1) is 18.7. The number of aromatic nitrogens is 2. The van der Waals surface area contributed by atoms with Crippen LogP contribution in [0.2, 0.25) is 0 Å². The Bertz CT molecular complexity index is 966. The van der Waals surface area contributed by atoms with Gasteiger partial charge in [0.1, 0.15) is 11.0 Å². The summed E-state index contributed by atoms with van der Waals surface area (Å²) in [5, 5.41) is 14.7. The number of aryl methyl sites for hydroxylation is 2. The minimum absolute atomic E-state index is 0.296. The molecular weight excluding hydrogens is 360 g/mol. The van der Waals surface area contributed by atoms with Crippen LogP contribution < -0.4 is 10.6 Å². The summed E-state index contributed by atoms with van der Waals surface area (Å²) < 4.78 is 0. The summed E-state index contributed by atoms with van der Waals surface area (Å²) in [7, 11) is 0. The van der Waals surface area contributed by atoms with E-state index < -0.39 is 6.04 Å². The van der Waals surface area contributed by atoms with Gasteiger partial charge >= 0.3 is 0 Å². The average Bonchev–Trinajstić information content (AvgIpc) is 3.10. The lowest BCUT2D eigenvalue weighted by Crippen LogP contribution is -2.41. The molecule has 0 bridgehead atoms. The Labute approximate surface area is 161 Å². The summed E-state index contributed by atoms with van der Waals surface area (Å²) in [4.78, 5) is 24.6. The molecule has 138 valence electrons. The van der Waals surface area contributed by atoms with Crippen LogP contribution in [0.15, 0.2) is 48.5 Å². The normalized spacial score (nSPS) is 11.7. The van der Waals surface area contributed by atoms with Crippen LogP contribution in [-0.4, -0.2) is 28.1 Å². The zero-order valence-corrected chi connectivity index (χ0v) is 16.1. The van der Waals surface area contributed by atoms with Gasteiger partial charge in [0.15, 0.2) is 0 Å². The fraction of sp³-hybridized carbons (Fsp3) is 0.200. The smallest absolute Gasteiger partial charge is 0.251 e. The molecule has 0 saturated heterocycles. The Hall–Kier alpha value is -3.06. The maximum Gasteiger partial charge on any atom is 0.251 e. The Morgan fingerprint density at radius 2 is 1.74 bits per heavy atom. The Kier molecular flexibility index (Phi) is 5.61. The van der Waals surface area contributed by atoms with Gasteiger partial charge in [-0.2, -0.15) is 0 Å². The lowest BCUT2D eigenvalue weighted by atomic mass is 10.1. The van der Waals surface area contributed by atoms with E-state index in [1.165, 1.54) is 11.3 Å². The number of nitrogens with zero attached hydrogens (tertiary/aromatic N) is 2. The predicted molar refractivity (Wildman–Crippen MR) is 107 cm³/mol. The number of carbonyl (C=O) groups excluding carboxylic acids is 2. The van der Waals surface area contributed by atoms with Gasteiger partial charge in [-0.25, -0.2) is 0 Å². The molecule has 1 heterocycles. The molecular formula is C20H20N4O2S. The molecule has 1 atom stereocenters. The minimum atomic E-state index is -0.704. The van der Waals surface area contributed by atoms with Gasteiger partial charge in [-0.1, -0.05) is 52.8 Å². The van der Waals surface area contributed by atoms with Crippen LogP contribution in [0.3, 0.4) is 0 Å².